The van der Waals surface area contributed by atoms with Crippen LogP contribution >= 0.6 is 0 Å². The molecule has 1 heterocycles. The first-order chi connectivity index (χ1) is 17.1. The number of nitrogens with one attached hydrogen (secondary N) is 1. The molecule has 0 saturated heterocycles. The third-order valence-corrected chi connectivity index (χ3v) is 5.86. The molecule has 0 radical (unpaired) electrons. The second-order valence-corrected chi connectivity index (χ2v) is 8.72. The molecule has 0 bridgehead atoms. The largest absolute Gasteiger partial charge is 0.497 e. The Morgan fingerprint density at radius 1 is 0.944 bits per heavy atom. The molecule has 10 nitrogen and oxygen atoms in total. The topological polar surface area (TPSA) is 143 Å². The molecule has 0 aliphatic heterocycles. The third-order valence-electron chi connectivity index (χ3n) is 4.91. The number of hydrogen-bond donors (Lipinski definition) is 2. The zero-order valence-electron chi connectivity index (χ0n) is 18.8. The van der Waals surface area contributed by atoms with Gasteiger partial charge in [-0.1, -0.05) is 12.1 Å². The lowest BCUT2D eigenvalue weighted by atomic mass is 10.2. The Hall–Kier alpha value is -4.36. The van der Waals surface area contributed by atoms with E-state index in [1.807, 2.05) is 0 Å². The Kier molecular flexibility index (Phi) is 6.68. The number of benzene rings is 3. The predicted molar refractivity (Wildman–Crippen MR) is 125 cm³/mol. The number of amides is 1. The van der Waals surface area contributed by atoms with Gasteiger partial charge in [0.1, 0.15) is 11.5 Å². The van der Waals surface area contributed by atoms with E-state index in [1.165, 1.54) is 19.2 Å². The van der Waals surface area contributed by atoms with Crippen molar-refractivity contribution in [3.8, 4) is 23.1 Å². The van der Waals surface area contributed by atoms with Crippen LogP contribution in [0.5, 0.6) is 23.1 Å². The first-order valence-corrected chi connectivity index (χ1v) is 11.7. The molecular weight excluding hydrogens is 498 g/mol. The number of sulfonamides is 1. The summed E-state index contributed by atoms with van der Waals surface area (Å²) in [5.74, 6) is -3.92. The van der Waals surface area contributed by atoms with E-state index in [-0.39, 0.29) is 23.1 Å². The van der Waals surface area contributed by atoms with Crippen LogP contribution in [-0.4, -0.2) is 38.5 Å². The van der Waals surface area contributed by atoms with E-state index in [1.54, 1.807) is 24.3 Å². The van der Waals surface area contributed by atoms with Crippen LogP contribution in [0.1, 0.15) is 10.5 Å². The van der Waals surface area contributed by atoms with Gasteiger partial charge in [0.05, 0.1) is 30.9 Å². The summed E-state index contributed by atoms with van der Waals surface area (Å²) in [5.41, 5.74) is -0.312. The number of carbonyl (C=O) groups excluding carboxylic acids is 1. The molecule has 0 saturated carbocycles. The Bertz CT molecular complexity index is 1600. The minimum atomic E-state index is -4.54. The zero-order chi connectivity index (χ0) is 26.0. The van der Waals surface area contributed by atoms with Crippen LogP contribution < -0.4 is 24.7 Å². The standard InChI is InChI=1S/C23H18F2N4O6S/c1-33-12-7-9-17(13(24)11-12)35-23-20(27-14-5-3-4-6-15(14)29-23)22(30)28-16-8-10-18(34-2)21(19(16)25)36(26,31)32/h3-11H,1-2H3,(H,28,30)(H2,26,31,32). The number of nitrogens with two attached hydrogens (primary N) is 1. The highest BCUT2D eigenvalue weighted by molar-refractivity contribution is 7.89. The van der Waals surface area contributed by atoms with E-state index in [4.69, 9.17) is 19.3 Å². The molecule has 0 atom stereocenters. The van der Waals surface area contributed by atoms with Gasteiger partial charge in [-0.05, 0) is 36.4 Å². The van der Waals surface area contributed by atoms with Crippen LogP contribution in [0.2, 0.25) is 0 Å². The summed E-state index contributed by atoms with van der Waals surface area (Å²) in [4.78, 5) is 20.7. The minimum Gasteiger partial charge on any atom is -0.497 e. The normalized spacial score (nSPS) is 11.2. The van der Waals surface area contributed by atoms with Crippen molar-refractivity contribution in [2.24, 2.45) is 5.14 Å². The van der Waals surface area contributed by atoms with Crippen LogP contribution in [0.15, 0.2) is 59.5 Å². The lowest BCUT2D eigenvalue weighted by Crippen LogP contribution is -2.20. The molecule has 0 spiro atoms. The summed E-state index contributed by atoms with van der Waals surface area (Å²) >= 11 is 0. The van der Waals surface area contributed by atoms with Gasteiger partial charge in [-0.15, -0.1) is 0 Å². The fourth-order valence-corrected chi connectivity index (χ4v) is 4.03. The number of hydrogen-bond acceptors (Lipinski definition) is 8. The number of aromatic nitrogens is 2. The molecule has 0 unspecified atom stereocenters. The summed E-state index contributed by atoms with van der Waals surface area (Å²) in [6, 6.07) is 12.5. The summed E-state index contributed by atoms with van der Waals surface area (Å²) in [7, 11) is -2.04. The van der Waals surface area contributed by atoms with E-state index in [0.717, 1.165) is 25.3 Å². The smallest absolute Gasteiger partial charge is 0.280 e. The molecule has 36 heavy (non-hydrogen) atoms. The van der Waals surface area contributed by atoms with Crippen molar-refractivity contribution in [1.82, 2.24) is 9.97 Å². The molecule has 13 heteroatoms. The highest BCUT2D eigenvalue weighted by atomic mass is 32.2. The number of methoxy groups -OCH3 is 2. The molecule has 0 aliphatic carbocycles. The van der Waals surface area contributed by atoms with Gasteiger partial charge in [0.25, 0.3) is 11.8 Å². The van der Waals surface area contributed by atoms with E-state index < -0.39 is 43.8 Å². The molecule has 3 aromatic carbocycles. The van der Waals surface area contributed by atoms with Crippen molar-refractivity contribution < 1.29 is 36.2 Å². The van der Waals surface area contributed by atoms with Crippen LogP contribution in [0.25, 0.3) is 11.0 Å². The highest BCUT2D eigenvalue weighted by Crippen LogP contribution is 2.33. The maximum Gasteiger partial charge on any atom is 0.280 e. The number of fused-ring (bicyclic) bond motifs is 1. The maximum atomic E-state index is 15.0. The molecular formula is C23H18F2N4O6S. The van der Waals surface area contributed by atoms with Crippen molar-refractivity contribution in [2.45, 2.75) is 4.90 Å². The van der Waals surface area contributed by atoms with Crippen molar-refractivity contribution in [3.63, 3.8) is 0 Å². The molecule has 1 amide bonds. The first-order valence-electron chi connectivity index (χ1n) is 10.1. The Morgan fingerprint density at radius 3 is 2.22 bits per heavy atom. The predicted octanol–water partition coefficient (Wildman–Crippen LogP) is 3.62. The van der Waals surface area contributed by atoms with Crippen molar-refractivity contribution in [1.29, 1.82) is 0 Å². The minimum absolute atomic E-state index is 0.239. The summed E-state index contributed by atoms with van der Waals surface area (Å²) in [5, 5.41) is 7.33. The van der Waals surface area contributed by atoms with Crippen LogP contribution in [0.4, 0.5) is 14.5 Å². The SMILES string of the molecule is COc1ccc(Oc2nc3ccccc3nc2C(=O)Nc2ccc(OC)c(S(N)(=O)=O)c2F)c(F)c1. The third kappa shape index (κ3) is 4.87. The number of para-hydroxylation sites is 2. The summed E-state index contributed by atoms with van der Waals surface area (Å²) in [6.07, 6.45) is 0. The van der Waals surface area contributed by atoms with E-state index in [9.17, 15) is 17.6 Å². The van der Waals surface area contributed by atoms with Gasteiger partial charge in [0.15, 0.2) is 28.0 Å². The second kappa shape index (κ2) is 9.71. The Balaban J connectivity index is 1.78. The van der Waals surface area contributed by atoms with Gasteiger partial charge >= 0.3 is 0 Å². The van der Waals surface area contributed by atoms with Gasteiger partial charge in [-0.25, -0.2) is 32.3 Å². The maximum absolute atomic E-state index is 15.0. The van der Waals surface area contributed by atoms with Gasteiger partial charge in [-0.2, -0.15) is 0 Å². The first kappa shape index (κ1) is 24.8. The molecule has 1 aromatic heterocycles. The Labute approximate surface area is 203 Å². The van der Waals surface area contributed by atoms with Crippen molar-refractivity contribution >= 4 is 32.7 Å². The molecule has 186 valence electrons. The fraction of sp³-hybridized carbons (Fsp3) is 0.0870. The molecule has 4 rings (SSSR count). The van der Waals surface area contributed by atoms with Gasteiger partial charge in [-0.3, -0.25) is 4.79 Å². The quantitative estimate of drug-likeness (QED) is 0.379. The van der Waals surface area contributed by atoms with Gasteiger partial charge < -0.3 is 19.5 Å². The van der Waals surface area contributed by atoms with Crippen molar-refractivity contribution in [2.75, 3.05) is 19.5 Å². The van der Waals surface area contributed by atoms with Gasteiger partial charge in [0.2, 0.25) is 10.0 Å². The zero-order valence-corrected chi connectivity index (χ0v) is 19.6. The van der Waals surface area contributed by atoms with Crippen molar-refractivity contribution in [3.05, 3.63) is 71.9 Å². The fourth-order valence-electron chi connectivity index (χ4n) is 3.24. The molecule has 0 aliphatic rings. The average molecular weight is 516 g/mol. The average Bonchev–Trinajstić information content (AvgIpc) is 2.84. The summed E-state index contributed by atoms with van der Waals surface area (Å²) < 4.78 is 68.7. The van der Waals surface area contributed by atoms with Crippen LogP contribution in [0.3, 0.4) is 0 Å². The summed E-state index contributed by atoms with van der Waals surface area (Å²) in [6.45, 7) is 0. The Morgan fingerprint density at radius 2 is 1.61 bits per heavy atom. The van der Waals surface area contributed by atoms with E-state index in [2.05, 4.69) is 15.3 Å². The monoisotopic (exact) mass is 516 g/mol. The number of carbonyl (C=O) groups is 1. The number of nitrogens with zero attached hydrogens (tertiary/aromatic N) is 2. The number of rotatable bonds is 7. The second-order valence-electron chi connectivity index (χ2n) is 7.22. The number of primary sulfonamides is 1. The van der Waals surface area contributed by atoms with E-state index in [0.29, 0.717) is 11.0 Å². The molecule has 0 fully saturated rings. The molecule has 4 aromatic rings. The van der Waals surface area contributed by atoms with Crippen LogP contribution in [0, 0.1) is 11.6 Å². The lowest BCUT2D eigenvalue weighted by Gasteiger charge is -2.14. The lowest BCUT2D eigenvalue weighted by molar-refractivity contribution is 0.101. The number of halogens is 2. The number of anilines is 1. The van der Waals surface area contributed by atoms with Gasteiger partial charge in [0, 0.05) is 6.07 Å². The van der Waals surface area contributed by atoms with E-state index >= 15 is 4.39 Å². The van der Waals surface area contributed by atoms with Crippen LogP contribution in [-0.2, 0) is 10.0 Å². The molecule has 3 N–H and O–H groups in total. The highest BCUT2D eigenvalue weighted by Gasteiger charge is 2.26. The number of ether oxygens (including phenoxy) is 3.